The van der Waals surface area contributed by atoms with Crippen LogP contribution in [0.25, 0.3) is 21.3 Å². The normalized spacial score (nSPS) is 11.1. The third-order valence-electron chi connectivity index (χ3n) is 4.85. The predicted octanol–water partition coefficient (Wildman–Crippen LogP) is 5.32. The van der Waals surface area contributed by atoms with Crippen LogP contribution in [0, 0.1) is 12.7 Å². The molecule has 0 atom stereocenters. The van der Waals surface area contributed by atoms with E-state index in [4.69, 9.17) is 4.98 Å². The topological polar surface area (TPSA) is 64.0 Å². The molecule has 31 heavy (non-hydrogen) atoms. The van der Waals surface area contributed by atoms with Crippen molar-refractivity contribution in [3.05, 3.63) is 75.6 Å². The Morgan fingerprint density at radius 3 is 2.74 bits per heavy atom. The van der Waals surface area contributed by atoms with Gasteiger partial charge in [-0.3, -0.25) is 14.2 Å². The second-order valence-electron chi connectivity index (χ2n) is 6.93. The van der Waals surface area contributed by atoms with Crippen molar-refractivity contribution in [2.24, 2.45) is 0 Å². The van der Waals surface area contributed by atoms with Gasteiger partial charge in [0.05, 0.1) is 11.3 Å². The van der Waals surface area contributed by atoms with E-state index in [0.29, 0.717) is 27.6 Å². The zero-order valence-electron chi connectivity index (χ0n) is 17.0. The molecular weight excluding hydrogens is 433 g/mol. The second-order valence-corrected chi connectivity index (χ2v) is 8.76. The molecule has 1 N–H and O–H groups in total. The summed E-state index contributed by atoms with van der Waals surface area (Å²) in [6, 6.07) is 14.1. The summed E-state index contributed by atoms with van der Waals surface area (Å²) in [7, 11) is 0. The van der Waals surface area contributed by atoms with Gasteiger partial charge in [0.25, 0.3) is 5.56 Å². The van der Waals surface area contributed by atoms with Crippen LogP contribution >= 0.6 is 23.1 Å². The monoisotopic (exact) mass is 453 g/mol. The number of halogens is 1. The zero-order chi connectivity index (χ0) is 22.0. The maximum atomic E-state index is 13.5. The van der Waals surface area contributed by atoms with Crippen molar-refractivity contribution < 1.29 is 9.18 Å². The van der Waals surface area contributed by atoms with E-state index < -0.39 is 5.82 Å². The number of carbonyl (C=O) groups excluding carboxylic acids is 1. The van der Waals surface area contributed by atoms with E-state index in [1.807, 2.05) is 42.6 Å². The molecule has 0 radical (unpaired) electrons. The maximum Gasteiger partial charge on any atom is 0.272 e. The molecule has 0 spiro atoms. The fraction of sp³-hybridized carbons (Fsp3) is 0.174. The fourth-order valence-electron chi connectivity index (χ4n) is 3.24. The van der Waals surface area contributed by atoms with E-state index in [1.165, 1.54) is 35.2 Å². The minimum absolute atomic E-state index is 0.0543. The molecule has 4 aromatic rings. The number of aromatic nitrogens is 2. The van der Waals surface area contributed by atoms with Crippen LogP contribution in [0.3, 0.4) is 0 Å². The summed E-state index contributed by atoms with van der Waals surface area (Å²) in [6.45, 7) is 4.13. The van der Waals surface area contributed by atoms with Gasteiger partial charge in [0.2, 0.25) is 5.91 Å². The van der Waals surface area contributed by atoms with Crippen molar-refractivity contribution in [1.29, 1.82) is 0 Å². The fourth-order valence-corrected chi connectivity index (χ4v) is 5.05. The standard InChI is InChI=1S/C23H20FN3O2S2/c1-3-27-22(29)21-20(17(12-30-21)15-7-5-4-6-8-15)26-23(27)31-13-19(28)25-18-11-16(24)10-9-14(18)2/h4-12H,3,13H2,1-2H3,(H,25,28). The van der Waals surface area contributed by atoms with E-state index >= 15 is 0 Å². The summed E-state index contributed by atoms with van der Waals surface area (Å²) in [5, 5.41) is 5.16. The number of benzene rings is 2. The first-order valence-corrected chi connectivity index (χ1v) is 11.6. The maximum absolute atomic E-state index is 13.5. The largest absolute Gasteiger partial charge is 0.325 e. The van der Waals surface area contributed by atoms with Gasteiger partial charge in [-0.15, -0.1) is 11.3 Å². The summed E-state index contributed by atoms with van der Waals surface area (Å²) >= 11 is 2.58. The Labute approximate surface area is 187 Å². The number of nitrogens with one attached hydrogen (secondary N) is 1. The van der Waals surface area contributed by atoms with Gasteiger partial charge in [-0.1, -0.05) is 48.2 Å². The Morgan fingerprint density at radius 2 is 2.00 bits per heavy atom. The highest BCUT2D eigenvalue weighted by Crippen LogP contribution is 2.32. The smallest absolute Gasteiger partial charge is 0.272 e. The Bertz CT molecular complexity index is 1320. The lowest BCUT2D eigenvalue weighted by atomic mass is 10.1. The van der Waals surface area contributed by atoms with Crippen molar-refractivity contribution in [2.75, 3.05) is 11.1 Å². The number of nitrogens with zero attached hydrogens (tertiary/aromatic N) is 2. The molecule has 0 saturated carbocycles. The van der Waals surface area contributed by atoms with Crippen molar-refractivity contribution in [3.63, 3.8) is 0 Å². The first kappa shape index (κ1) is 21.3. The van der Waals surface area contributed by atoms with Crippen LogP contribution in [0.5, 0.6) is 0 Å². The Morgan fingerprint density at radius 1 is 1.23 bits per heavy atom. The molecule has 0 bridgehead atoms. The molecule has 0 saturated heterocycles. The lowest BCUT2D eigenvalue weighted by molar-refractivity contribution is -0.113. The minimum Gasteiger partial charge on any atom is -0.325 e. The van der Waals surface area contributed by atoms with Crippen LogP contribution in [0.2, 0.25) is 0 Å². The Balaban J connectivity index is 1.63. The van der Waals surface area contributed by atoms with Gasteiger partial charge in [0.1, 0.15) is 10.5 Å². The number of thioether (sulfide) groups is 1. The van der Waals surface area contributed by atoms with Crippen LogP contribution in [-0.4, -0.2) is 21.2 Å². The molecular formula is C23H20FN3O2S2. The van der Waals surface area contributed by atoms with E-state index in [-0.39, 0.29) is 17.2 Å². The van der Waals surface area contributed by atoms with Gasteiger partial charge in [0.15, 0.2) is 5.16 Å². The second kappa shape index (κ2) is 9.03. The molecule has 0 unspecified atom stereocenters. The first-order chi connectivity index (χ1) is 15.0. The molecule has 5 nitrogen and oxygen atoms in total. The summed E-state index contributed by atoms with van der Waals surface area (Å²) < 4.78 is 15.7. The van der Waals surface area contributed by atoms with Crippen molar-refractivity contribution in [1.82, 2.24) is 9.55 Å². The lowest BCUT2D eigenvalue weighted by Crippen LogP contribution is -2.23. The summed E-state index contributed by atoms with van der Waals surface area (Å²) in [5.41, 5.74) is 3.65. The van der Waals surface area contributed by atoms with Crippen molar-refractivity contribution >= 4 is 44.9 Å². The number of rotatable bonds is 6. The van der Waals surface area contributed by atoms with E-state index in [0.717, 1.165) is 16.7 Å². The van der Waals surface area contributed by atoms with Gasteiger partial charge < -0.3 is 5.32 Å². The lowest BCUT2D eigenvalue weighted by Gasteiger charge is -2.11. The number of carbonyl (C=O) groups is 1. The molecule has 2 aromatic heterocycles. The molecule has 0 aliphatic carbocycles. The third kappa shape index (κ3) is 4.40. The third-order valence-corrected chi connectivity index (χ3v) is 6.78. The number of anilines is 1. The van der Waals surface area contributed by atoms with Gasteiger partial charge in [0, 0.05) is 23.2 Å². The molecule has 2 heterocycles. The van der Waals surface area contributed by atoms with E-state index in [9.17, 15) is 14.0 Å². The van der Waals surface area contributed by atoms with E-state index in [1.54, 1.807) is 17.6 Å². The predicted molar refractivity (Wildman–Crippen MR) is 125 cm³/mol. The van der Waals surface area contributed by atoms with Gasteiger partial charge in [-0.25, -0.2) is 9.37 Å². The van der Waals surface area contributed by atoms with Crippen LogP contribution < -0.4 is 10.9 Å². The quantitative estimate of drug-likeness (QED) is 0.317. The van der Waals surface area contributed by atoms with Crippen molar-refractivity contribution in [3.8, 4) is 11.1 Å². The number of hydrogen-bond donors (Lipinski definition) is 1. The molecule has 1 amide bonds. The SMILES string of the molecule is CCn1c(SCC(=O)Nc2cc(F)ccc2C)nc2c(-c3ccccc3)csc2c1=O. The van der Waals surface area contributed by atoms with Gasteiger partial charge in [-0.05, 0) is 37.1 Å². The average Bonchev–Trinajstić information content (AvgIpc) is 3.20. The number of thiophene rings is 1. The minimum atomic E-state index is -0.411. The zero-order valence-corrected chi connectivity index (χ0v) is 18.6. The number of amides is 1. The number of fused-ring (bicyclic) bond motifs is 1. The van der Waals surface area contributed by atoms with Crippen LogP contribution in [0.4, 0.5) is 10.1 Å². The highest BCUT2D eigenvalue weighted by atomic mass is 32.2. The highest BCUT2D eigenvalue weighted by molar-refractivity contribution is 7.99. The summed E-state index contributed by atoms with van der Waals surface area (Å²) in [6.07, 6.45) is 0. The first-order valence-electron chi connectivity index (χ1n) is 9.74. The highest BCUT2D eigenvalue weighted by Gasteiger charge is 2.17. The van der Waals surface area contributed by atoms with Crippen LogP contribution in [0.15, 0.2) is 63.9 Å². The Hall–Kier alpha value is -2.97. The van der Waals surface area contributed by atoms with Crippen LogP contribution in [0.1, 0.15) is 12.5 Å². The average molecular weight is 454 g/mol. The van der Waals surface area contributed by atoms with Gasteiger partial charge in [-0.2, -0.15) is 0 Å². The Kier molecular flexibility index (Phi) is 6.20. The molecule has 2 aromatic carbocycles. The number of hydrogen-bond acceptors (Lipinski definition) is 5. The summed E-state index contributed by atoms with van der Waals surface area (Å²) in [5.74, 6) is -0.644. The molecule has 0 aliphatic heterocycles. The number of aryl methyl sites for hydroxylation is 1. The van der Waals surface area contributed by atoms with E-state index in [2.05, 4.69) is 5.32 Å². The molecule has 0 aliphatic rings. The summed E-state index contributed by atoms with van der Waals surface area (Å²) in [4.78, 5) is 30.2. The molecule has 8 heteroatoms. The van der Waals surface area contributed by atoms with Gasteiger partial charge >= 0.3 is 0 Å². The molecule has 158 valence electrons. The van der Waals surface area contributed by atoms with Crippen LogP contribution in [-0.2, 0) is 11.3 Å². The van der Waals surface area contributed by atoms with Crippen molar-refractivity contribution in [2.45, 2.75) is 25.5 Å². The molecule has 0 fully saturated rings. The molecule has 4 rings (SSSR count).